The van der Waals surface area contributed by atoms with Crippen molar-refractivity contribution in [2.24, 2.45) is 0 Å². The number of hydrogen-bond donors (Lipinski definition) is 1. The van der Waals surface area contributed by atoms with Crippen molar-refractivity contribution in [1.82, 2.24) is 15.2 Å². The molecule has 3 aromatic rings. The molecule has 0 bridgehead atoms. The van der Waals surface area contributed by atoms with E-state index in [2.05, 4.69) is 15.2 Å². The first-order valence-electron chi connectivity index (χ1n) is 9.01. The summed E-state index contributed by atoms with van der Waals surface area (Å²) in [7, 11) is 4.07. The van der Waals surface area contributed by atoms with Gasteiger partial charge in [0.05, 0.1) is 22.8 Å². The van der Waals surface area contributed by atoms with Gasteiger partial charge >= 0.3 is 0 Å². The molecule has 1 aromatic heterocycles. The van der Waals surface area contributed by atoms with Crippen LogP contribution in [0, 0.1) is 6.92 Å². The van der Waals surface area contributed by atoms with Crippen LogP contribution in [0.3, 0.4) is 0 Å². The lowest BCUT2D eigenvalue weighted by Gasteiger charge is -2.22. The molecule has 3 rings (SSSR count). The highest BCUT2D eigenvalue weighted by atomic mass is 35.5. The zero-order valence-corrected chi connectivity index (χ0v) is 16.6. The second-order valence-electron chi connectivity index (χ2n) is 6.99. The molecule has 0 aliphatic heterocycles. The number of fused-ring (bicyclic) bond motifs is 1. The smallest absolute Gasteiger partial charge is 0.253 e. The topological polar surface area (TPSA) is 45.2 Å². The molecule has 0 saturated heterocycles. The Morgan fingerprint density at radius 2 is 1.89 bits per heavy atom. The Balaban J connectivity index is 1.88. The monoisotopic (exact) mass is 381 g/mol. The molecule has 0 spiro atoms. The van der Waals surface area contributed by atoms with Crippen molar-refractivity contribution in [3.63, 3.8) is 0 Å². The van der Waals surface area contributed by atoms with Gasteiger partial charge in [-0.05, 0) is 63.8 Å². The summed E-state index contributed by atoms with van der Waals surface area (Å²) in [6.07, 6.45) is 0.828. The van der Waals surface area contributed by atoms with Gasteiger partial charge in [0.1, 0.15) is 0 Å². The lowest BCUT2D eigenvalue weighted by molar-refractivity contribution is 0.0932. The Kier molecular flexibility index (Phi) is 6.09. The van der Waals surface area contributed by atoms with Crippen LogP contribution in [0.1, 0.15) is 34.1 Å². The largest absolute Gasteiger partial charge is 0.345 e. The van der Waals surface area contributed by atoms with Crippen LogP contribution < -0.4 is 5.32 Å². The second kappa shape index (κ2) is 8.51. The van der Waals surface area contributed by atoms with E-state index in [0.717, 1.165) is 29.4 Å². The molecule has 0 fully saturated rings. The number of nitrogens with one attached hydrogen (secondary N) is 1. The predicted octanol–water partition coefficient (Wildman–Crippen LogP) is 4.62. The van der Waals surface area contributed by atoms with E-state index in [1.807, 2.05) is 75.6 Å². The molecular formula is C22H24ClN3O. The van der Waals surface area contributed by atoms with E-state index < -0.39 is 0 Å². The van der Waals surface area contributed by atoms with Crippen LogP contribution in [0.4, 0.5) is 0 Å². The fourth-order valence-electron chi connectivity index (χ4n) is 3.10. The maximum atomic E-state index is 13.0. The summed E-state index contributed by atoms with van der Waals surface area (Å²) in [5, 5.41) is 4.68. The molecule has 0 aliphatic rings. The predicted molar refractivity (Wildman–Crippen MR) is 111 cm³/mol. The third-order valence-electron chi connectivity index (χ3n) is 4.58. The average Bonchev–Trinajstić information content (AvgIpc) is 2.65. The number of aromatic nitrogens is 1. The van der Waals surface area contributed by atoms with E-state index in [0.29, 0.717) is 16.3 Å². The van der Waals surface area contributed by atoms with Crippen LogP contribution in [-0.2, 0) is 0 Å². The lowest BCUT2D eigenvalue weighted by Crippen LogP contribution is -2.31. The van der Waals surface area contributed by atoms with Crippen LogP contribution in [0.2, 0.25) is 5.02 Å². The van der Waals surface area contributed by atoms with Crippen LogP contribution in [0.25, 0.3) is 10.9 Å². The first kappa shape index (κ1) is 19.3. The molecule has 1 unspecified atom stereocenters. The van der Waals surface area contributed by atoms with Crippen molar-refractivity contribution in [1.29, 1.82) is 0 Å². The average molecular weight is 382 g/mol. The first-order valence-corrected chi connectivity index (χ1v) is 9.39. The number of pyridine rings is 1. The summed E-state index contributed by atoms with van der Waals surface area (Å²) in [6, 6.07) is 17.4. The van der Waals surface area contributed by atoms with Crippen molar-refractivity contribution in [3.05, 3.63) is 76.4 Å². The molecule has 5 heteroatoms. The Labute approximate surface area is 165 Å². The fraction of sp³-hybridized carbons (Fsp3) is 0.273. The Bertz CT molecular complexity index is 941. The molecule has 27 heavy (non-hydrogen) atoms. The van der Waals surface area contributed by atoms with Crippen LogP contribution in [0.15, 0.2) is 54.6 Å². The van der Waals surface area contributed by atoms with E-state index in [4.69, 9.17) is 11.6 Å². The number of aryl methyl sites for hydroxylation is 1. The maximum Gasteiger partial charge on any atom is 0.253 e. The van der Waals surface area contributed by atoms with Crippen LogP contribution in [-0.4, -0.2) is 36.4 Å². The minimum Gasteiger partial charge on any atom is -0.345 e. The molecule has 1 amide bonds. The number of rotatable bonds is 6. The summed E-state index contributed by atoms with van der Waals surface area (Å²) in [4.78, 5) is 19.7. The zero-order valence-electron chi connectivity index (χ0n) is 15.9. The van der Waals surface area contributed by atoms with Crippen molar-refractivity contribution >= 4 is 28.4 Å². The van der Waals surface area contributed by atoms with E-state index in [9.17, 15) is 4.79 Å². The van der Waals surface area contributed by atoms with Gasteiger partial charge in [0.15, 0.2) is 0 Å². The number of hydrogen-bond acceptors (Lipinski definition) is 3. The minimum absolute atomic E-state index is 0.0597. The highest BCUT2D eigenvalue weighted by Gasteiger charge is 2.18. The van der Waals surface area contributed by atoms with Gasteiger partial charge in [-0.3, -0.25) is 9.78 Å². The van der Waals surface area contributed by atoms with Crippen molar-refractivity contribution in [2.75, 3.05) is 20.6 Å². The molecule has 4 nitrogen and oxygen atoms in total. The standard InChI is InChI=1S/C22H24ClN3O/c1-15-19(14-17-13-18(23)9-10-20(17)24-15)22(27)25-21(11-12-26(2)3)16-7-5-4-6-8-16/h4-10,13-14,21H,11-12H2,1-3H3,(H,25,27). The highest BCUT2D eigenvalue weighted by molar-refractivity contribution is 6.31. The number of carbonyl (C=O) groups is 1. The molecule has 0 aliphatic carbocycles. The second-order valence-corrected chi connectivity index (χ2v) is 7.42. The summed E-state index contributed by atoms with van der Waals surface area (Å²) >= 11 is 6.09. The van der Waals surface area contributed by atoms with Crippen molar-refractivity contribution < 1.29 is 4.79 Å². The molecule has 1 N–H and O–H groups in total. The van der Waals surface area contributed by atoms with Gasteiger partial charge in [-0.25, -0.2) is 0 Å². The SMILES string of the molecule is Cc1nc2ccc(Cl)cc2cc1C(=O)NC(CCN(C)C)c1ccccc1. The quantitative estimate of drug-likeness (QED) is 0.677. The molecule has 0 saturated carbocycles. The Morgan fingerprint density at radius 1 is 1.15 bits per heavy atom. The van der Waals surface area contributed by atoms with Gasteiger partial charge in [-0.1, -0.05) is 41.9 Å². The van der Waals surface area contributed by atoms with E-state index >= 15 is 0 Å². The Morgan fingerprint density at radius 3 is 2.59 bits per heavy atom. The number of nitrogens with zero attached hydrogens (tertiary/aromatic N) is 2. The van der Waals surface area contributed by atoms with Gasteiger partial charge in [-0.15, -0.1) is 0 Å². The fourth-order valence-corrected chi connectivity index (χ4v) is 3.28. The molecule has 1 atom stereocenters. The third kappa shape index (κ3) is 4.85. The molecule has 0 radical (unpaired) electrons. The summed E-state index contributed by atoms with van der Waals surface area (Å²) in [5.74, 6) is -0.116. The molecular weight excluding hydrogens is 358 g/mol. The van der Waals surface area contributed by atoms with Crippen molar-refractivity contribution in [2.45, 2.75) is 19.4 Å². The van der Waals surface area contributed by atoms with Crippen LogP contribution in [0.5, 0.6) is 0 Å². The first-order chi connectivity index (χ1) is 12.9. The normalized spacial score (nSPS) is 12.3. The van der Waals surface area contributed by atoms with Crippen molar-refractivity contribution in [3.8, 4) is 0 Å². The maximum absolute atomic E-state index is 13.0. The molecule has 1 heterocycles. The number of carbonyl (C=O) groups excluding carboxylic acids is 1. The van der Waals surface area contributed by atoms with Gasteiger partial charge in [-0.2, -0.15) is 0 Å². The van der Waals surface area contributed by atoms with Crippen LogP contribution >= 0.6 is 11.6 Å². The summed E-state index contributed by atoms with van der Waals surface area (Å²) in [6.45, 7) is 2.74. The van der Waals surface area contributed by atoms with Gasteiger partial charge in [0.2, 0.25) is 0 Å². The third-order valence-corrected chi connectivity index (χ3v) is 4.82. The van der Waals surface area contributed by atoms with Gasteiger partial charge < -0.3 is 10.2 Å². The molecule has 2 aromatic carbocycles. The highest BCUT2D eigenvalue weighted by Crippen LogP contribution is 2.22. The van der Waals surface area contributed by atoms with E-state index in [-0.39, 0.29) is 11.9 Å². The minimum atomic E-state index is -0.116. The Hall–Kier alpha value is -2.43. The number of benzene rings is 2. The van der Waals surface area contributed by atoms with E-state index in [1.165, 1.54) is 0 Å². The summed E-state index contributed by atoms with van der Waals surface area (Å²) < 4.78 is 0. The zero-order chi connectivity index (χ0) is 19.4. The number of amides is 1. The summed E-state index contributed by atoms with van der Waals surface area (Å²) in [5.41, 5.74) is 3.22. The number of halogens is 1. The lowest BCUT2D eigenvalue weighted by atomic mass is 10.0. The van der Waals surface area contributed by atoms with Gasteiger partial charge in [0.25, 0.3) is 5.91 Å². The molecule has 140 valence electrons. The van der Waals surface area contributed by atoms with Gasteiger partial charge in [0, 0.05) is 10.4 Å². The van der Waals surface area contributed by atoms with E-state index in [1.54, 1.807) is 0 Å².